The Bertz CT molecular complexity index is 1370. The highest BCUT2D eigenvalue weighted by molar-refractivity contribution is 7.17. The Balaban J connectivity index is 1.43. The van der Waals surface area contributed by atoms with Gasteiger partial charge in [-0.05, 0) is 55.6 Å². The molecule has 1 unspecified atom stereocenters. The van der Waals surface area contributed by atoms with E-state index in [-0.39, 0.29) is 0 Å². The SMILES string of the molecule is c1ccc2c(-c3nc4c(ccc5[nH]cc(C6CN7CCC6CC7)c54)o3)csc2c1. The number of thiophene rings is 1. The Kier molecular flexibility index (Phi) is 3.32. The van der Waals surface area contributed by atoms with Gasteiger partial charge in [0.25, 0.3) is 0 Å². The first-order valence-electron chi connectivity index (χ1n) is 10.4. The summed E-state index contributed by atoms with van der Waals surface area (Å²) in [6.07, 6.45) is 4.86. The zero-order chi connectivity index (χ0) is 18.9. The molecule has 4 nitrogen and oxygen atoms in total. The molecule has 0 aliphatic carbocycles. The molecule has 1 atom stereocenters. The van der Waals surface area contributed by atoms with E-state index < -0.39 is 0 Å². The number of fused-ring (bicyclic) bond motifs is 7. The Morgan fingerprint density at radius 3 is 2.86 bits per heavy atom. The standard InChI is InChI=1S/C24H21N3OS/c1-2-4-21-15(3-1)18(13-29-21)24-26-23-20(28-24)6-5-19-22(23)16(11-25-19)17-12-27-9-7-14(17)8-10-27/h1-6,11,13-14,17,25H,7-10,12H2. The molecular formula is C24H21N3OS. The lowest BCUT2D eigenvalue weighted by Crippen LogP contribution is -2.46. The second-order valence-electron chi connectivity index (χ2n) is 8.49. The summed E-state index contributed by atoms with van der Waals surface area (Å²) in [7, 11) is 0. The summed E-state index contributed by atoms with van der Waals surface area (Å²) < 4.78 is 7.54. The molecule has 6 heterocycles. The van der Waals surface area contributed by atoms with E-state index in [1.807, 2.05) is 0 Å². The van der Waals surface area contributed by atoms with E-state index in [9.17, 15) is 0 Å². The van der Waals surface area contributed by atoms with Gasteiger partial charge in [0, 0.05) is 45.0 Å². The monoisotopic (exact) mass is 399 g/mol. The van der Waals surface area contributed by atoms with Crippen LogP contribution in [0.1, 0.15) is 24.3 Å². The van der Waals surface area contributed by atoms with E-state index in [4.69, 9.17) is 9.40 Å². The molecule has 8 rings (SSSR count). The van der Waals surface area contributed by atoms with E-state index in [0.717, 1.165) is 28.5 Å². The number of nitrogens with zero attached hydrogens (tertiary/aromatic N) is 2. The van der Waals surface area contributed by atoms with Crippen LogP contribution in [0, 0.1) is 5.92 Å². The molecule has 1 N–H and O–H groups in total. The van der Waals surface area contributed by atoms with Gasteiger partial charge in [0.1, 0.15) is 5.52 Å². The van der Waals surface area contributed by atoms with Crippen LogP contribution >= 0.6 is 11.3 Å². The average Bonchev–Trinajstić information content (AvgIpc) is 3.49. The maximum atomic E-state index is 6.27. The normalized spacial score (nSPS) is 24.2. The number of hydrogen-bond donors (Lipinski definition) is 1. The predicted octanol–water partition coefficient (Wildman–Crippen LogP) is 6.00. The van der Waals surface area contributed by atoms with Crippen LogP contribution in [0.15, 0.2) is 52.4 Å². The third-order valence-corrected chi connectivity index (χ3v) is 7.96. The summed E-state index contributed by atoms with van der Waals surface area (Å²) in [6, 6.07) is 12.7. The number of oxazole rings is 1. The van der Waals surface area contributed by atoms with Crippen LogP contribution in [0.25, 0.3) is 43.5 Å². The highest BCUT2D eigenvalue weighted by Gasteiger charge is 2.36. The number of aromatic amines is 1. The van der Waals surface area contributed by atoms with E-state index in [2.05, 4.69) is 57.9 Å². The van der Waals surface area contributed by atoms with E-state index in [1.54, 1.807) is 11.3 Å². The molecule has 0 amide bonds. The zero-order valence-corrected chi connectivity index (χ0v) is 16.8. The fraction of sp³-hybridized carbons (Fsp3) is 0.292. The van der Waals surface area contributed by atoms with Crippen molar-refractivity contribution in [3.8, 4) is 11.5 Å². The van der Waals surface area contributed by atoms with Crippen LogP contribution < -0.4 is 0 Å². The number of benzene rings is 2. The minimum absolute atomic E-state index is 0.596. The maximum Gasteiger partial charge on any atom is 0.228 e. The van der Waals surface area contributed by atoms with Gasteiger partial charge in [-0.3, -0.25) is 0 Å². The first-order chi connectivity index (χ1) is 14.3. The Morgan fingerprint density at radius 2 is 2.00 bits per heavy atom. The van der Waals surface area contributed by atoms with Crippen molar-refractivity contribution in [1.29, 1.82) is 0 Å². The summed E-state index contributed by atoms with van der Waals surface area (Å²) in [4.78, 5) is 11.2. The molecule has 3 aliphatic heterocycles. The third kappa shape index (κ3) is 2.31. The number of rotatable bonds is 2. The van der Waals surface area contributed by atoms with Crippen molar-refractivity contribution in [3.63, 3.8) is 0 Å². The van der Waals surface area contributed by atoms with Gasteiger partial charge in [0.15, 0.2) is 5.58 Å². The topological polar surface area (TPSA) is 45.1 Å². The van der Waals surface area contributed by atoms with Crippen LogP contribution in [-0.4, -0.2) is 34.5 Å². The number of piperidine rings is 3. The summed E-state index contributed by atoms with van der Waals surface area (Å²) in [5.41, 5.74) is 5.56. The molecule has 2 bridgehead atoms. The van der Waals surface area contributed by atoms with Crippen LogP contribution in [0.4, 0.5) is 0 Å². The lowest BCUT2D eigenvalue weighted by molar-refractivity contribution is 0.0877. The average molecular weight is 400 g/mol. The van der Waals surface area contributed by atoms with Gasteiger partial charge in [-0.2, -0.15) is 0 Å². The van der Waals surface area contributed by atoms with E-state index >= 15 is 0 Å². The van der Waals surface area contributed by atoms with Gasteiger partial charge in [-0.15, -0.1) is 11.3 Å². The molecule has 3 aromatic heterocycles. The molecule has 3 aliphatic rings. The molecular weight excluding hydrogens is 378 g/mol. The summed E-state index contributed by atoms with van der Waals surface area (Å²) in [6.45, 7) is 3.70. The highest BCUT2D eigenvalue weighted by Crippen LogP contribution is 2.43. The van der Waals surface area contributed by atoms with Crippen molar-refractivity contribution < 1.29 is 4.42 Å². The molecule has 0 saturated carbocycles. The van der Waals surface area contributed by atoms with Crippen molar-refractivity contribution in [2.75, 3.05) is 19.6 Å². The van der Waals surface area contributed by atoms with Gasteiger partial charge in [-0.1, -0.05) is 18.2 Å². The maximum absolute atomic E-state index is 6.27. The van der Waals surface area contributed by atoms with Crippen LogP contribution in [0.5, 0.6) is 0 Å². The molecule has 3 saturated heterocycles. The fourth-order valence-electron chi connectivity index (χ4n) is 5.50. The second kappa shape index (κ2) is 5.94. The van der Waals surface area contributed by atoms with Gasteiger partial charge in [-0.25, -0.2) is 4.98 Å². The molecule has 0 spiro atoms. The minimum atomic E-state index is 0.596. The third-order valence-electron chi connectivity index (χ3n) is 7.00. The summed E-state index contributed by atoms with van der Waals surface area (Å²) in [5.74, 6) is 2.12. The molecule has 5 aromatic rings. The van der Waals surface area contributed by atoms with Gasteiger partial charge in [0.2, 0.25) is 5.89 Å². The first-order valence-corrected chi connectivity index (χ1v) is 11.3. The molecule has 3 fully saturated rings. The molecule has 144 valence electrons. The Morgan fingerprint density at radius 1 is 1.10 bits per heavy atom. The van der Waals surface area contributed by atoms with Gasteiger partial charge in [0.05, 0.1) is 5.56 Å². The largest absolute Gasteiger partial charge is 0.436 e. The first kappa shape index (κ1) is 16.2. The lowest BCUT2D eigenvalue weighted by Gasteiger charge is -2.44. The molecule has 2 aromatic carbocycles. The zero-order valence-electron chi connectivity index (χ0n) is 16.0. The number of hydrogen-bond acceptors (Lipinski definition) is 4. The fourth-order valence-corrected chi connectivity index (χ4v) is 6.44. The molecule has 29 heavy (non-hydrogen) atoms. The molecule has 0 radical (unpaired) electrons. The highest BCUT2D eigenvalue weighted by atomic mass is 32.1. The number of nitrogens with one attached hydrogen (secondary N) is 1. The lowest BCUT2D eigenvalue weighted by atomic mass is 9.75. The predicted molar refractivity (Wildman–Crippen MR) is 119 cm³/mol. The van der Waals surface area contributed by atoms with Crippen molar-refractivity contribution in [3.05, 3.63) is 53.5 Å². The van der Waals surface area contributed by atoms with E-state index in [0.29, 0.717) is 5.92 Å². The number of aromatic nitrogens is 2. The molecule has 5 heteroatoms. The Hall–Kier alpha value is -2.63. The second-order valence-corrected chi connectivity index (χ2v) is 9.40. The van der Waals surface area contributed by atoms with Crippen molar-refractivity contribution in [2.45, 2.75) is 18.8 Å². The summed E-state index contributed by atoms with van der Waals surface area (Å²) in [5, 5.41) is 4.64. The van der Waals surface area contributed by atoms with Gasteiger partial charge >= 0.3 is 0 Å². The quantitative estimate of drug-likeness (QED) is 0.396. The van der Waals surface area contributed by atoms with Crippen molar-refractivity contribution in [2.24, 2.45) is 5.92 Å². The van der Waals surface area contributed by atoms with Crippen molar-refractivity contribution in [1.82, 2.24) is 14.9 Å². The Labute approximate surface area is 172 Å². The van der Waals surface area contributed by atoms with Crippen LogP contribution in [0.3, 0.4) is 0 Å². The minimum Gasteiger partial charge on any atom is -0.436 e. The smallest absolute Gasteiger partial charge is 0.228 e. The van der Waals surface area contributed by atoms with Crippen LogP contribution in [-0.2, 0) is 0 Å². The van der Waals surface area contributed by atoms with Crippen LogP contribution in [0.2, 0.25) is 0 Å². The van der Waals surface area contributed by atoms with E-state index in [1.165, 1.54) is 59.0 Å². The summed E-state index contributed by atoms with van der Waals surface area (Å²) >= 11 is 1.75. The van der Waals surface area contributed by atoms with Crippen molar-refractivity contribution >= 4 is 43.4 Å². The van der Waals surface area contributed by atoms with Gasteiger partial charge < -0.3 is 14.3 Å². The number of H-pyrrole nitrogens is 1.